The van der Waals surface area contributed by atoms with E-state index in [2.05, 4.69) is 4.74 Å². The first-order valence-electron chi connectivity index (χ1n) is 7.12. The normalized spacial score (nSPS) is 12.6. The summed E-state index contributed by atoms with van der Waals surface area (Å²) in [4.78, 5) is 23.3. The van der Waals surface area contributed by atoms with E-state index >= 15 is 0 Å². The topological polar surface area (TPSA) is 55.4 Å². The Morgan fingerprint density at radius 3 is 1.80 bits per heavy atom. The largest absolute Gasteiger partial charge is 0.462 e. The highest BCUT2D eigenvalue weighted by Gasteiger charge is 2.74. The minimum absolute atomic E-state index is 0.0354. The number of rotatable bonds is 5. The lowest BCUT2D eigenvalue weighted by Crippen LogP contribution is -2.57. The second kappa shape index (κ2) is 7.32. The molecule has 0 aliphatic rings. The maximum Gasteiger partial charge on any atom is 0.412 e. The summed E-state index contributed by atoms with van der Waals surface area (Å²) in [6.45, 7) is 2.28. The van der Waals surface area contributed by atoms with Crippen molar-refractivity contribution in [3.05, 3.63) is 29.8 Å². The van der Waals surface area contributed by atoms with Gasteiger partial charge in [0.05, 0.1) is 12.2 Å². The van der Waals surface area contributed by atoms with Crippen molar-refractivity contribution in [1.82, 2.24) is 0 Å². The molecule has 0 radical (unpaired) electrons. The van der Waals surface area contributed by atoms with Crippen LogP contribution in [0.1, 0.15) is 30.6 Å². The molecule has 1 amide bonds. The van der Waals surface area contributed by atoms with Gasteiger partial charge in [-0.05, 0) is 37.6 Å². The van der Waals surface area contributed by atoms with E-state index in [4.69, 9.17) is 0 Å². The molecule has 0 atom stereocenters. The van der Waals surface area contributed by atoms with Crippen LogP contribution in [-0.2, 0) is 9.53 Å². The van der Waals surface area contributed by atoms with Gasteiger partial charge in [0.25, 0.3) is 0 Å². The monoisotopic (exact) mass is 371 g/mol. The van der Waals surface area contributed by atoms with Gasteiger partial charge in [0.1, 0.15) is 0 Å². The number of ether oxygens (including phenoxy) is 1. The number of nitrogens with one attached hydrogen (secondary N) is 1. The van der Waals surface area contributed by atoms with Gasteiger partial charge >= 0.3 is 18.3 Å². The van der Waals surface area contributed by atoms with E-state index in [0.717, 1.165) is 24.3 Å². The van der Waals surface area contributed by atoms with Crippen LogP contribution in [-0.4, -0.2) is 30.8 Å². The number of halogens is 6. The van der Waals surface area contributed by atoms with E-state index in [1.807, 2.05) is 0 Å². The summed E-state index contributed by atoms with van der Waals surface area (Å²) in [5.74, 6) is -2.95. The number of alkyl halides is 6. The fourth-order valence-electron chi connectivity index (χ4n) is 2.12. The molecule has 4 nitrogen and oxygen atoms in total. The van der Waals surface area contributed by atoms with E-state index in [-0.39, 0.29) is 17.9 Å². The number of hydrogen-bond acceptors (Lipinski definition) is 3. The van der Waals surface area contributed by atoms with Crippen LogP contribution in [0.3, 0.4) is 0 Å². The Bertz CT molecular complexity index is 608. The molecule has 0 saturated carbocycles. The minimum Gasteiger partial charge on any atom is -0.462 e. The maximum atomic E-state index is 13.0. The third-order valence-corrected chi connectivity index (χ3v) is 3.54. The zero-order chi connectivity index (χ0) is 19.5. The van der Waals surface area contributed by atoms with E-state index in [1.54, 1.807) is 12.2 Å². The van der Waals surface area contributed by atoms with Crippen molar-refractivity contribution in [3.63, 3.8) is 0 Å². The first-order valence-corrected chi connectivity index (χ1v) is 7.12. The number of carbonyl (C=O) groups excluding carboxylic acids is 2. The predicted octanol–water partition coefficient (Wildman–Crippen LogP) is 4.32. The first kappa shape index (κ1) is 20.8. The van der Waals surface area contributed by atoms with Crippen LogP contribution >= 0.6 is 0 Å². The Labute approximate surface area is 139 Å². The summed E-state index contributed by atoms with van der Waals surface area (Å²) < 4.78 is 82.9. The molecule has 0 unspecified atom stereocenters. The van der Waals surface area contributed by atoms with Gasteiger partial charge in [-0.2, -0.15) is 26.3 Å². The van der Waals surface area contributed by atoms with Crippen LogP contribution in [0, 0.1) is 5.41 Å². The quantitative estimate of drug-likeness (QED) is 0.619. The molecule has 1 aromatic rings. The number of hydrogen-bond donors (Lipinski definition) is 1. The molecule has 0 aromatic heterocycles. The fraction of sp³-hybridized carbons (Fsp3) is 0.467. The second-order valence-electron chi connectivity index (χ2n) is 5.01. The Kier molecular flexibility index (Phi) is 6.09. The molecular formula is C15H15F6NO3. The third-order valence-electron chi connectivity index (χ3n) is 3.54. The predicted molar refractivity (Wildman–Crippen MR) is 75.9 cm³/mol. The van der Waals surface area contributed by atoms with E-state index < -0.39 is 36.1 Å². The summed E-state index contributed by atoms with van der Waals surface area (Å²) >= 11 is 0. The van der Waals surface area contributed by atoms with Gasteiger partial charge in [-0.15, -0.1) is 0 Å². The molecule has 25 heavy (non-hydrogen) atoms. The van der Waals surface area contributed by atoms with Crippen molar-refractivity contribution >= 4 is 17.6 Å². The van der Waals surface area contributed by atoms with Gasteiger partial charge in [-0.25, -0.2) is 4.79 Å². The zero-order valence-corrected chi connectivity index (χ0v) is 13.2. The molecule has 1 N–H and O–H groups in total. The van der Waals surface area contributed by atoms with E-state index in [9.17, 15) is 35.9 Å². The SMILES string of the molecule is CCOC(=O)c1ccc(NC(=O)C(CC)(C(F)(F)F)C(F)(F)F)cc1. The number of carbonyl (C=O) groups is 2. The highest BCUT2D eigenvalue weighted by atomic mass is 19.4. The number of amides is 1. The molecule has 140 valence electrons. The Hall–Kier alpha value is -2.26. The molecule has 1 aromatic carbocycles. The van der Waals surface area contributed by atoms with Crippen LogP contribution in [0.2, 0.25) is 0 Å². The van der Waals surface area contributed by atoms with Crippen LogP contribution in [0.25, 0.3) is 0 Å². The van der Waals surface area contributed by atoms with Crippen LogP contribution in [0.4, 0.5) is 32.0 Å². The fourth-order valence-corrected chi connectivity index (χ4v) is 2.12. The highest BCUT2D eigenvalue weighted by Crippen LogP contribution is 2.53. The number of esters is 1. The van der Waals surface area contributed by atoms with Gasteiger partial charge < -0.3 is 10.1 Å². The van der Waals surface area contributed by atoms with Crippen molar-refractivity contribution in [3.8, 4) is 0 Å². The Balaban J connectivity index is 3.12. The van der Waals surface area contributed by atoms with Gasteiger partial charge in [-0.1, -0.05) is 6.92 Å². The van der Waals surface area contributed by atoms with Crippen LogP contribution < -0.4 is 5.32 Å². The minimum atomic E-state index is -5.82. The van der Waals surface area contributed by atoms with Gasteiger partial charge in [0, 0.05) is 5.69 Å². The smallest absolute Gasteiger partial charge is 0.412 e. The molecule has 0 spiro atoms. The van der Waals surface area contributed by atoms with Crippen LogP contribution in [0.5, 0.6) is 0 Å². The van der Waals surface area contributed by atoms with Crippen molar-refractivity contribution in [2.45, 2.75) is 32.6 Å². The van der Waals surface area contributed by atoms with Crippen molar-refractivity contribution in [2.75, 3.05) is 11.9 Å². The molecule has 0 bridgehead atoms. The molecule has 0 saturated heterocycles. The number of benzene rings is 1. The molecule has 0 aliphatic carbocycles. The lowest BCUT2D eigenvalue weighted by molar-refractivity contribution is -0.324. The lowest BCUT2D eigenvalue weighted by atomic mass is 9.82. The lowest BCUT2D eigenvalue weighted by Gasteiger charge is -2.34. The molecular weight excluding hydrogens is 356 g/mol. The average Bonchev–Trinajstić information content (AvgIpc) is 2.46. The summed E-state index contributed by atoms with van der Waals surface area (Å²) in [6.07, 6.45) is -13.2. The molecule has 0 fully saturated rings. The van der Waals surface area contributed by atoms with Crippen LogP contribution in [0.15, 0.2) is 24.3 Å². The maximum absolute atomic E-state index is 13.0. The van der Waals surface area contributed by atoms with E-state index in [0.29, 0.717) is 6.92 Å². The molecule has 0 aliphatic heterocycles. The summed E-state index contributed by atoms with van der Waals surface area (Å²) in [5, 5.41) is 1.61. The van der Waals surface area contributed by atoms with Crippen molar-refractivity contribution in [2.24, 2.45) is 5.41 Å². The zero-order valence-electron chi connectivity index (χ0n) is 13.2. The highest BCUT2D eigenvalue weighted by molar-refractivity contribution is 5.97. The second-order valence-corrected chi connectivity index (χ2v) is 5.01. The molecule has 10 heteroatoms. The Morgan fingerprint density at radius 1 is 0.960 bits per heavy atom. The van der Waals surface area contributed by atoms with Gasteiger partial charge in [0.2, 0.25) is 11.3 Å². The first-order chi connectivity index (χ1) is 11.4. The summed E-state index contributed by atoms with van der Waals surface area (Å²) in [7, 11) is 0. The summed E-state index contributed by atoms with van der Waals surface area (Å²) in [5.41, 5.74) is -4.81. The Morgan fingerprint density at radius 2 is 1.44 bits per heavy atom. The van der Waals surface area contributed by atoms with Crippen molar-refractivity contribution < 1.29 is 40.7 Å². The molecule has 1 rings (SSSR count). The average molecular weight is 371 g/mol. The van der Waals surface area contributed by atoms with Gasteiger partial charge in [0.15, 0.2) is 0 Å². The molecule has 0 heterocycles. The third kappa shape index (κ3) is 4.05. The standard InChI is InChI=1S/C15H15F6NO3/c1-3-13(14(16,17)18,15(19,20)21)12(24)22-10-7-5-9(6-8-10)11(23)25-4-2/h5-8H,3-4H2,1-2H3,(H,22,24). The summed E-state index contributed by atoms with van der Waals surface area (Å²) in [6, 6.07) is 4.25. The number of anilines is 1. The van der Waals surface area contributed by atoms with Crippen molar-refractivity contribution in [1.29, 1.82) is 0 Å². The van der Waals surface area contributed by atoms with E-state index in [1.165, 1.54) is 0 Å². The van der Waals surface area contributed by atoms with Gasteiger partial charge in [-0.3, -0.25) is 4.79 Å².